The number of hydrogen-bond acceptors (Lipinski definition) is 3. The summed E-state index contributed by atoms with van der Waals surface area (Å²) in [6.45, 7) is 1.77. The molecule has 0 unspecified atom stereocenters. The number of ketones is 1. The van der Waals surface area contributed by atoms with Crippen LogP contribution in [-0.2, 0) is 0 Å². The summed E-state index contributed by atoms with van der Waals surface area (Å²) in [5.74, 6) is -2.45. The Bertz CT molecular complexity index is 680. The van der Waals surface area contributed by atoms with E-state index in [0.717, 1.165) is 11.6 Å². The smallest absolute Gasteiger partial charge is 0.345 e. The molecule has 3 nitrogen and oxygen atoms in total. The number of Topliss-reactive ketones (excluding diaryl/α,β-unsaturated/α-hetero) is 1. The van der Waals surface area contributed by atoms with Crippen LogP contribution in [0.25, 0.3) is 0 Å². The number of carbonyl (C=O) groups is 2. The molecule has 1 aromatic heterocycles. The van der Waals surface area contributed by atoms with E-state index in [2.05, 4.69) is 5.32 Å². The maximum atomic E-state index is 12.3. The molecule has 1 atom stereocenters. The Hall–Kier alpha value is -2.15. The van der Waals surface area contributed by atoms with E-state index in [0.29, 0.717) is 11.3 Å². The lowest BCUT2D eigenvalue weighted by molar-refractivity contribution is -0.0882. The van der Waals surface area contributed by atoms with E-state index in [1.165, 1.54) is 6.07 Å². The summed E-state index contributed by atoms with van der Waals surface area (Å²) in [6, 6.07) is 11.1. The third-order valence-corrected chi connectivity index (χ3v) is 4.04. The minimum absolute atomic E-state index is 0.0652. The second kappa shape index (κ2) is 6.31. The van der Waals surface area contributed by atoms with Gasteiger partial charge in [-0.15, -0.1) is 11.3 Å². The summed E-state index contributed by atoms with van der Waals surface area (Å²) in [5, 5.41) is 2.68. The number of alkyl halides is 3. The van der Waals surface area contributed by atoms with Crippen LogP contribution in [-0.4, -0.2) is 17.9 Å². The van der Waals surface area contributed by atoms with Crippen molar-refractivity contribution in [1.29, 1.82) is 0 Å². The molecule has 22 heavy (non-hydrogen) atoms. The number of hydrogen-bond donors (Lipinski definition) is 1. The number of amides is 1. The summed E-state index contributed by atoms with van der Waals surface area (Å²) in [6.07, 6.45) is -4.93. The van der Waals surface area contributed by atoms with Gasteiger partial charge in [0.2, 0.25) is 0 Å². The SMILES string of the molecule is C[C@@H](NC(=O)c1ccc(C(=O)C(F)(F)F)s1)c1ccccc1. The fourth-order valence-corrected chi connectivity index (χ4v) is 2.68. The van der Waals surface area contributed by atoms with Crippen molar-refractivity contribution in [3.63, 3.8) is 0 Å². The summed E-state index contributed by atoms with van der Waals surface area (Å²) in [4.78, 5) is 22.7. The van der Waals surface area contributed by atoms with E-state index in [-0.39, 0.29) is 10.9 Å². The van der Waals surface area contributed by atoms with Crippen LogP contribution >= 0.6 is 11.3 Å². The molecule has 1 heterocycles. The first-order valence-corrected chi connectivity index (χ1v) is 7.18. The van der Waals surface area contributed by atoms with Gasteiger partial charge in [-0.25, -0.2) is 0 Å². The number of thiophene rings is 1. The highest BCUT2D eigenvalue weighted by Crippen LogP contribution is 2.26. The molecule has 116 valence electrons. The summed E-state index contributed by atoms with van der Waals surface area (Å²) >= 11 is 0.532. The summed E-state index contributed by atoms with van der Waals surface area (Å²) < 4.78 is 37.0. The van der Waals surface area contributed by atoms with Gasteiger partial charge in [-0.1, -0.05) is 30.3 Å². The van der Waals surface area contributed by atoms with Crippen LogP contribution in [0.4, 0.5) is 13.2 Å². The first-order valence-electron chi connectivity index (χ1n) is 6.36. The summed E-state index contributed by atoms with van der Waals surface area (Å²) in [7, 11) is 0. The van der Waals surface area contributed by atoms with Crippen molar-refractivity contribution >= 4 is 23.0 Å². The first-order chi connectivity index (χ1) is 10.3. The van der Waals surface area contributed by atoms with Crippen molar-refractivity contribution in [1.82, 2.24) is 5.32 Å². The van der Waals surface area contributed by atoms with Crippen molar-refractivity contribution in [3.05, 3.63) is 57.8 Å². The van der Waals surface area contributed by atoms with Crippen molar-refractivity contribution in [2.24, 2.45) is 0 Å². The standard InChI is InChI=1S/C15H12F3NO2S/c1-9(10-5-3-2-4-6-10)19-14(21)12-8-7-11(22-12)13(20)15(16,17)18/h2-9H,1H3,(H,19,21)/t9-/m1/s1. The molecule has 7 heteroatoms. The molecule has 0 fully saturated rings. The molecule has 1 amide bonds. The van der Waals surface area contributed by atoms with Crippen LogP contribution < -0.4 is 5.32 Å². The fraction of sp³-hybridized carbons (Fsp3) is 0.200. The predicted octanol–water partition coefficient (Wildman–Crippen LogP) is 3.98. The molecular weight excluding hydrogens is 315 g/mol. The van der Waals surface area contributed by atoms with Gasteiger partial charge in [-0.3, -0.25) is 9.59 Å². The molecule has 0 aliphatic heterocycles. The van der Waals surface area contributed by atoms with Gasteiger partial charge in [-0.2, -0.15) is 13.2 Å². The largest absolute Gasteiger partial charge is 0.455 e. The quantitative estimate of drug-likeness (QED) is 0.863. The van der Waals surface area contributed by atoms with Gasteiger partial charge in [0, 0.05) is 0 Å². The van der Waals surface area contributed by atoms with Crippen molar-refractivity contribution in [2.45, 2.75) is 19.1 Å². The van der Waals surface area contributed by atoms with Gasteiger partial charge in [0.25, 0.3) is 11.7 Å². The van der Waals surface area contributed by atoms with Crippen molar-refractivity contribution < 1.29 is 22.8 Å². The van der Waals surface area contributed by atoms with Crippen LogP contribution in [0, 0.1) is 0 Å². The Morgan fingerprint density at radius 2 is 1.64 bits per heavy atom. The topological polar surface area (TPSA) is 46.2 Å². The van der Waals surface area contributed by atoms with E-state index in [1.807, 2.05) is 30.3 Å². The number of benzene rings is 1. The Morgan fingerprint density at radius 1 is 1.05 bits per heavy atom. The first kappa shape index (κ1) is 16.2. The normalized spacial score (nSPS) is 12.7. The molecule has 2 rings (SSSR count). The molecule has 1 aromatic carbocycles. The number of carbonyl (C=O) groups excluding carboxylic acids is 2. The van der Waals surface area contributed by atoms with Crippen LogP contribution in [0.1, 0.15) is 37.9 Å². The molecule has 0 radical (unpaired) electrons. The lowest BCUT2D eigenvalue weighted by atomic mass is 10.1. The Kier molecular flexibility index (Phi) is 4.65. The van der Waals surface area contributed by atoms with Gasteiger partial charge in [0.1, 0.15) is 0 Å². The molecule has 0 spiro atoms. The zero-order valence-electron chi connectivity index (χ0n) is 11.5. The van der Waals surface area contributed by atoms with Gasteiger partial charge in [0.05, 0.1) is 15.8 Å². The van der Waals surface area contributed by atoms with Crippen LogP contribution in [0.2, 0.25) is 0 Å². The molecule has 0 saturated carbocycles. The van der Waals surface area contributed by atoms with Gasteiger partial charge < -0.3 is 5.32 Å². The number of nitrogens with one attached hydrogen (secondary N) is 1. The Labute approximate surface area is 128 Å². The lowest BCUT2D eigenvalue weighted by Crippen LogP contribution is -2.25. The average molecular weight is 327 g/mol. The highest BCUT2D eigenvalue weighted by molar-refractivity contribution is 7.16. The predicted molar refractivity (Wildman–Crippen MR) is 77.0 cm³/mol. The molecule has 0 aliphatic rings. The van der Waals surface area contributed by atoms with Crippen molar-refractivity contribution in [2.75, 3.05) is 0 Å². The molecule has 0 aliphatic carbocycles. The average Bonchev–Trinajstić information content (AvgIpc) is 2.96. The van der Waals surface area contributed by atoms with Crippen LogP contribution in [0.15, 0.2) is 42.5 Å². The molecular formula is C15H12F3NO2S. The third kappa shape index (κ3) is 3.73. The van der Waals surface area contributed by atoms with Crippen molar-refractivity contribution in [3.8, 4) is 0 Å². The van der Waals surface area contributed by atoms with Gasteiger partial charge >= 0.3 is 6.18 Å². The number of rotatable bonds is 4. The third-order valence-electron chi connectivity index (χ3n) is 2.96. The fourth-order valence-electron chi connectivity index (χ4n) is 1.81. The maximum Gasteiger partial charge on any atom is 0.455 e. The van der Waals surface area contributed by atoms with Gasteiger partial charge in [0.15, 0.2) is 0 Å². The van der Waals surface area contributed by atoms with E-state index in [1.54, 1.807) is 6.92 Å². The van der Waals surface area contributed by atoms with Crippen LogP contribution in [0.5, 0.6) is 0 Å². The Morgan fingerprint density at radius 3 is 2.23 bits per heavy atom. The number of halogens is 3. The zero-order valence-corrected chi connectivity index (χ0v) is 12.3. The second-order valence-electron chi connectivity index (χ2n) is 4.60. The van der Waals surface area contributed by atoms with E-state index < -0.39 is 22.7 Å². The maximum absolute atomic E-state index is 12.3. The second-order valence-corrected chi connectivity index (χ2v) is 5.68. The molecule has 0 bridgehead atoms. The van der Waals surface area contributed by atoms with Crippen LogP contribution in [0.3, 0.4) is 0 Å². The monoisotopic (exact) mass is 327 g/mol. The van der Waals surface area contributed by atoms with E-state index >= 15 is 0 Å². The minimum Gasteiger partial charge on any atom is -0.345 e. The highest BCUT2D eigenvalue weighted by atomic mass is 32.1. The molecule has 0 saturated heterocycles. The van der Waals surface area contributed by atoms with Gasteiger partial charge in [-0.05, 0) is 24.6 Å². The van der Waals surface area contributed by atoms with E-state index in [4.69, 9.17) is 0 Å². The molecule has 1 N–H and O–H groups in total. The zero-order chi connectivity index (χ0) is 16.3. The minimum atomic E-state index is -4.93. The summed E-state index contributed by atoms with van der Waals surface area (Å²) in [5.41, 5.74) is 0.874. The molecule has 2 aromatic rings. The van der Waals surface area contributed by atoms with E-state index in [9.17, 15) is 22.8 Å². The highest BCUT2D eigenvalue weighted by Gasteiger charge is 2.40. The Balaban J connectivity index is 2.08. The lowest BCUT2D eigenvalue weighted by Gasteiger charge is -2.13.